The number of H-pyrrole nitrogens is 1. The minimum Gasteiger partial charge on any atom is -0.480 e. The van der Waals surface area contributed by atoms with Gasteiger partial charge < -0.3 is 56.6 Å². The van der Waals surface area contributed by atoms with Crippen molar-refractivity contribution in [2.45, 2.75) is 165 Å². The zero-order chi connectivity index (χ0) is 52.0. The van der Waals surface area contributed by atoms with Gasteiger partial charge in [-0.25, -0.2) is 18.0 Å². The molecule has 70 heavy (non-hydrogen) atoms. The number of carbonyl (C=O) groups excluding carboxylic acids is 7. The van der Waals surface area contributed by atoms with E-state index in [1.165, 1.54) is 38.5 Å². The molecule has 0 radical (unpaired) electrons. The summed E-state index contributed by atoms with van der Waals surface area (Å²) in [5.74, 6) is -6.92. The van der Waals surface area contributed by atoms with E-state index in [9.17, 15) is 66.9 Å². The van der Waals surface area contributed by atoms with E-state index in [-0.39, 0.29) is 77.7 Å². The lowest BCUT2D eigenvalue weighted by Crippen LogP contribution is -2.53. The van der Waals surface area contributed by atoms with Crippen molar-refractivity contribution in [3.05, 3.63) is 5.82 Å². The van der Waals surface area contributed by atoms with Gasteiger partial charge in [-0.1, -0.05) is 75.8 Å². The number of aryl methyl sites for hydroxylation is 1. The Labute approximate surface area is 407 Å². The summed E-state index contributed by atoms with van der Waals surface area (Å²) < 4.78 is 37.4. The number of primary amides is 1. The first-order valence-electron chi connectivity index (χ1n) is 23.8. The van der Waals surface area contributed by atoms with Gasteiger partial charge in [0.25, 0.3) is 0 Å². The number of aldehydes is 1. The molecule has 0 fully saturated rings. The molecule has 6 amide bonds. The molecule has 1 aromatic rings. The molecule has 0 aliphatic rings. The molecule has 0 spiro atoms. The number of sulfonamides is 1. The highest BCUT2D eigenvalue weighted by atomic mass is 32.2. The van der Waals surface area contributed by atoms with Crippen LogP contribution in [0.2, 0.25) is 0 Å². The molecular weight excluding hydrogens is 945 g/mol. The highest BCUT2D eigenvalue weighted by molar-refractivity contribution is 7.90. The number of unbranched alkanes of at least 4 members (excludes halogenated alkanes) is 12. The zero-order valence-electron chi connectivity index (χ0n) is 39.9. The highest BCUT2D eigenvalue weighted by Crippen LogP contribution is 2.14. The lowest BCUT2D eigenvalue weighted by atomic mass is 9.95. The number of ether oxygens (including phenoxy) is 2. The number of carboxylic acids is 2. The van der Waals surface area contributed by atoms with Gasteiger partial charge in [-0.05, 0) is 38.5 Å². The third-order valence-electron chi connectivity index (χ3n) is 10.8. The standard InChI is InChI=1S/C43H74N10O16S/c44-34(56)20-18-32(41(62)63)46-37(58)21-19-33(42(64)65)47-40(61)29-69-27-26-68-25-24-45-36(57)22-23-43(30-54,31-55)48-38(59)17-14-28-70(66,67)51-39(60)16-13-11-9-7-5-3-1-2-4-6-8-10-12-15-35-49-52-53-50-35/h30,32-33,55H,1-29,31H2,(H2,44,56)(H,45,57)(H,46,58)(H,47,61)(H,48,59)(H,51,60)(H,62,63)(H,64,65)(H,49,50,52,53)/t32-,33-,43-/m0/s1. The summed E-state index contributed by atoms with van der Waals surface area (Å²) in [6, 6.07) is -2.90. The first-order valence-corrected chi connectivity index (χ1v) is 25.4. The van der Waals surface area contributed by atoms with Crippen molar-refractivity contribution in [2.75, 3.05) is 45.3 Å². The Hall–Kier alpha value is -5.67. The lowest BCUT2D eigenvalue weighted by molar-refractivity contribution is -0.144. The van der Waals surface area contributed by atoms with E-state index < -0.39 is 100 Å². The van der Waals surface area contributed by atoms with Crippen LogP contribution in [-0.2, 0) is 69.1 Å². The SMILES string of the molecule is NC(=O)CC[C@H](NC(=O)CC[C@H](NC(=O)COCCOCCNC(=O)CC[C@](C=O)(CO)NC(=O)CCCS(=O)(=O)NC(=O)CCCCCCCCCCCCCCCc1nn[nH]n1)C(=O)O)C(=O)O. The van der Waals surface area contributed by atoms with E-state index >= 15 is 0 Å². The van der Waals surface area contributed by atoms with Crippen molar-refractivity contribution < 1.29 is 76.4 Å². The van der Waals surface area contributed by atoms with Crippen LogP contribution in [0.1, 0.15) is 147 Å². The minimum atomic E-state index is -4.01. The van der Waals surface area contributed by atoms with E-state index in [1.54, 1.807) is 0 Å². The van der Waals surface area contributed by atoms with Gasteiger partial charge in [0, 0.05) is 45.1 Å². The summed E-state index contributed by atoms with van der Waals surface area (Å²) >= 11 is 0. The summed E-state index contributed by atoms with van der Waals surface area (Å²) in [6.45, 7) is -1.50. The monoisotopic (exact) mass is 1020 g/mol. The maximum atomic E-state index is 12.6. The molecule has 3 atom stereocenters. The second kappa shape index (κ2) is 37.2. The van der Waals surface area contributed by atoms with Crippen molar-refractivity contribution in [1.82, 2.24) is 46.6 Å². The number of hydrogen-bond donors (Lipinski definition) is 10. The smallest absolute Gasteiger partial charge is 0.326 e. The molecule has 27 heteroatoms. The average Bonchev–Trinajstić information content (AvgIpc) is 3.83. The van der Waals surface area contributed by atoms with Crippen molar-refractivity contribution in [3.63, 3.8) is 0 Å². The fourth-order valence-corrected chi connectivity index (χ4v) is 7.87. The van der Waals surface area contributed by atoms with Gasteiger partial charge in [0.1, 0.15) is 30.5 Å². The molecule has 1 rings (SSSR count). The van der Waals surface area contributed by atoms with E-state index in [4.69, 9.17) is 15.2 Å². The molecule has 26 nitrogen and oxygen atoms in total. The molecule has 1 heterocycles. The van der Waals surface area contributed by atoms with Crippen LogP contribution < -0.4 is 31.7 Å². The molecule has 0 aliphatic carbocycles. The van der Waals surface area contributed by atoms with Gasteiger partial charge in [0.15, 0.2) is 5.82 Å². The summed E-state index contributed by atoms with van der Waals surface area (Å²) in [4.78, 5) is 107. The molecule has 0 saturated heterocycles. The Morgan fingerprint density at radius 2 is 1.23 bits per heavy atom. The first kappa shape index (κ1) is 62.3. The Kier molecular flexibility index (Phi) is 33.1. The number of aliphatic hydroxyl groups excluding tert-OH is 1. The number of carboxylic acid groups (broad SMARTS) is 2. The third-order valence-corrected chi connectivity index (χ3v) is 12.1. The van der Waals surface area contributed by atoms with Crippen LogP contribution >= 0.6 is 0 Å². The van der Waals surface area contributed by atoms with Crippen molar-refractivity contribution in [2.24, 2.45) is 5.73 Å². The van der Waals surface area contributed by atoms with E-state index in [2.05, 4.69) is 41.9 Å². The Balaban J connectivity index is 2.17. The molecule has 1 aromatic heterocycles. The zero-order valence-corrected chi connectivity index (χ0v) is 40.7. The van der Waals surface area contributed by atoms with Crippen molar-refractivity contribution in [3.8, 4) is 0 Å². The number of amides is 6. The molecule has 0 unspecified atom stereocenters. The van der Waals surface area contributed by atoms with Gasteiger partial charge in [-0.15, -0.1) is 10.2 Å². The fraction of sp³-hybridized carbons (Fsp3) is 0.767. The minimum absolute atomic E-state index is 0.00317. The quantitative estimate of drug-likeness (QED) is 0.0293. The van der Waals surface area contributed by atoms with Crippen molar-refractivity contribution in [1.29, 1.82) is 0 Å². The number of aliphatic hydroxyl groups is 1. The number of aliphatic carboxylic acids is 2. The second-order valence-corrected chi connectivity index (χ2v) is 18.7. The Bertz CT molecular complexity index is 1860. The van der Waals surface area contributed by atoms with Crippen LogP contribution in [0.5, 0.6) is 0 Å². The third kappa shape index (κ3) is 32.2. The summed E-state index contributed by atoms with van der Waals surface area (Å²) in [6.07, 6.45) is 12.7. The fourth-order valence-electron chi connectivity index (χ4n) is 6.80. The maximum absolute atomic E-state index is 12.6. The normalized spacial score (nSPS) is 13.0. The highest BCUT2D eigenvalue weighted by Gasteiger charge is 2.32. The summed E-state index contributed by atoms with van der Waals surface area (Å²) in [5, 5.41) is 51.6. The largest absolute Gasteiger partial charge is 0.480 e. The van der Waals surface area contributed by atoms with E-state index in [1.807, 2.05) is 4.72 Å². The van der Waals surface area contributed by atoms with Gasteiger partial charge >= 0.3 is 11.9 Å². The lowest BCUT2D eigenvalue weighted by Gasteiger charge is -2.27. The van der Waals surface area contributed by atoms with Crippen LogP contribution in [0.3, 0.4) is 0 Å². The van der Waals surface area contributed by atoms with E-state index in [0.29, 0.717) is 12.7 Å². The predicted molar refractivity (Wildman–Crippen MR) is 248 cm³/mol. The molecule has 398 valence electrons. The molecule has 0 bridgehead atoms. The number of aromatic nitrogens is 4. The maximum Gasteiger partial charge on any atom is 0.326 e. The number of carbonyl (C=O) groups is 9. The van der Waals surface area contributed by atoms with Crippen LogP contribution in [0.4, 0.5) is 0 Å². The molecule has 11 N–H and O–H groups in total. The second-order valence-electron chi connectivity index (χ2n) is 16.8. The molecule has 0 aromatic carbocycles. The average molecular weight is 1020 g/mol. The van der Waals surface area contributed by atoms with Gasteiger partial charge in [-0.3, -0.25) is 33.5 Å². The Morgan fingerprint density at radius 3 is 1.79 bits per heavy atom. The number of tetrazole rings is 1. The van der Waals surface area contributed by atoms with Crippen LogP contribution in [0.25, 0.3) is 0 Å². The van der Waals surface area contributed by atoms with Crippen LogP contribution in [0, 0.1) is 0 Å². The van der Waals surface area contributed by atoms with Crippen LogP contribution in [-0.4, -0.2) is 161 Å². The van der Waals surface area contributed by atoms with Gasteiger partial charge in [0.2, 0.25) is 45.5 Å². The number of nitrogens with two attached hydrogens (primary N) is 1. The van der Waals surface area contributed by atoms with Crippen LogP contribution in [0.15, 0.2) is 0 Å². The number of nitrogens with zero attached hydrogens (tertiary/aromatic N) is 3. The topological polar surface area (TPSA) is 408 Å². The summed E-state index contributed by atoms with van der Waals surface area (Å²) in [7, 11) is -4.01. The number of rotatable bonds is 45. The number of aromatic amines is 1. The molecular formula is C43H74N10O16S. The van der Waals surface area contributed by atoms with Gasteiger partial charge in [-0.2, -0.15) is 5.21 Å². The summed E-state index contributed by atoms with van der Waals surface area (Å²) in [5.41, 5.74) is 3.19. The van der Waals surface area contributed by atoms with E-state index in [0.717, 1.165) is 50.8 Å². The first-order chi connectivity index (χ1) is 33.4. The Morgan fingerprint density at radius 1 is 0.671 bits per heavy atom. The van der Waals surface area contributed by atoms with Gasteiger partial charge in [0.05, 0.1) is 32.2 Å². The predicted octanol–water partition coefficient (Wildman–Crippen LogP) is -0.410. The van der Waals surface area contributed by atoms with Crippen molar-refractivity contribution >= 4 is 63.7 Å². The molecule has 0 saturated carbocycles. The molecule has 0 aliphatic heterocycles. The number of nitrogens with one attached hydrogen (secondary N) is 6. The number of hydrogen-bond acceptors (Lipinski definition) is 17.